The Morgan fingerprint density at radius 3 is 2.76 bits per heavy atom. The number of methoxy groups -OCH3 is 1. The first-order valence-electron chi connectivity index (χ1n) is 8.52. The number of hydrogen-bond acceptors (Lipinski definition) is 4. The highest BCUT2D eigenvalue weighted by Crippen LogP contribution is 2.22. The van der Waals surface area contributed by atoms with Crippen LogP contribution in [-0.2, 0) is 0 Å². The lowest BCUT2D eigenvalue weighted by Gasteiger charge is -2.26. The van der Waals surface area contributed by atoms with Crippen LogP contribution in [0.5, 0.6) is 5.75 Å². The summed E-state index contributed by atoms with van der Waals surface area (Å²) >= 11 is 0. The van der Waals surface area contributed by atoms with Crippen LogP contribution in [0.15, 0.2) is 43.0 Å². The van der Waals surface area contributed by atoms with Gasteiger partial charge in [-0.3, -0.25) is 14.3 Å². The summed E-state index contributed by atoms with van der Waals surface area (Å²) in [6.45, 7) is 1.68. The summed E-state index contributed by atoms with van der Waals surface area (Å²) in [6.07, 6.45) is 10.4. The second-order valence-corrected chi connectivity index (χ2v) is 6.26. The lowest BCUT2D eigenvalue weighted by atomic mass is 10.1. The number of nitrogens with zero attached hydrogens (tertiary/aromatic N) is 4. The molecule has 0 bridgehead atoms. The third-order valence-electron chi connectivity index (χ3n) is 4.63. The van der Waals surface area contributed by atoms with Gasteiger partial charge in [0.2, 0.25) is 0 Å². The highest BCUT2D eigenvalue weighted by atomic mass is 16.5. The maximum absolute atomic E-state index is 12.7. The monoisotopic (exact) mass is 336 g/mol. The van der Waals surface area contributed by atoms with E-state index in [0.717, 1.165) is 42.7 Å². The van der Waals surface area contributed by atoms with Crippen LogP contribution in [0, 0.1) is 0 Å². The molecule has 25 heavy (non-hydrogen) atoms. The van der Waals surface area contributed by atoms with Crippen molar-refractivity contribution in [2.75, 3.05) is 20.2 Å². The number of rotatable bonds is 3. The normalized spacial score (nSPS) is 14.7. The van der Waals surface area contributed by atoms with Gasteiger partial charge in [0.15, 0.2) is 0 Å². The van der Waals surface area contributed by atoms with Gasteiger partial charge >= 0.3 is 0 Å². The standard InChI is InChI=1S/C19H20N4O2/c1-25-17-10-16(12-20-13-17)23-8-5-14-9-15(11-21-18(14)23)19(24)22-6-3-2-4-7-22/h5,8-13H,2-4,6-7H2,1H3. The number of hydrogen-bond donors (Lipinski definition) is 0. The molecule has 4 rings (SSSR count). The topological polar surface area (TPSA) is 60.3 Å². The van der Waals surface area contributed by atoms with E-state index < -0.39 is 0 Å². The molecule has 0 radical (unpaired) electrons. The van der Waals surface area contributed by atoms with Gasteiger partial charge in [-0.25, -0.2) is 4.98 Å². The fraction of sp³-hybridized carbons (Fsp3) is 0.316. The van der Waals surface area contributed by atoms with E-state index in [9.17, 15) is 4.79 Å². The minimum Gasteiger partial charge on any atom is -0.495 e. The SMILES string of the molecule is COc1cncc(-n2ccc3cc(C(=O)N4CCCCC4)cnc32)c1. The molecule has 1 aliphatic heterocycles. The molecule has 6 nitrogen and oxygen atoms in total. The molecule has 1 amide bonds. The van der Waals surface area contributed by atoms with Gasteiger partial charge in [0, 0.05) is 36.9 Å². The Morgan fingerprint density at radius 1 is 1.12 bits per heavy atom. The molecule has 0 N–H and O–H groups in total. The Kier molecular flexibility index (Phi) is 4.09. The number of amides is 1. The van der Waals surface area contributed by atoms with Crippen molar-refractivity contribution in [3.8, 4) is 11.4 Å². The Balaban J connectivity index is 1.67. The minimum absolute atomic E-state index is 0.0740. The average molecular weight is 336 g/mol. The Bertz CT molecular complexity index is 913. The average Bonchev–Trinajstić information content (AvgIpc) is 3.11. The minimum atomic E-state index is 0.0740. The van der Waals surface area contributed by atoms with E-state index >= 15 is 0 Å². The summed E-state index contributed by atoms with van der Waals surface area (Å²) in [5.74, 6) is 0.765. The van der Waals surface area contributed by atoms with Crippen molar-refractivity contribution in [3.05, 3.63) is 48.5 Å². The predicted octanol–water partition coefficient (Wildman–Crippen LogP) is 3.06. The maximum atomic E-state index is 12.7. The van der Waals surface area contributed by atoms with Crippen LogP contribution >= 0.6 is 0 Å². The second kappa shape index (κ2) is 6.55. The van der Waals surface area contributed by atoms with Gasteiger partial charge in [-0.2, -0.15) is 0 Å². The molecule has 6 heteroatoms. The van der Waals surface area contributed by atoms with Gasteiger partial charge in [-0.05, 0) is 31.4 Å². The van der Waals surface area contributed by atoms with E-state index in [1.807, 2.05) is 33.9 Å². The first kappa shape index (κ1) is 15.6. The molecule has 0 aromatic carbocycles. The van der Waals surface area contributed by atoms with E-state index in [0.29, 0.717) is 11.3 Å². The highest BCUT2D eigenvalue weighted by molar-refractivity contribution is 5.97. The summed E-state index contributed by atoms with van der Waals surface area (Å²) in [5.41, 5.74) is 2.32. The Labute approximate surface area is 146 Å². The molecule has 3 aromatic rings. The molecule has 3 aromatic heterocycles. The molecular formula is C19H20N4O2. The van der Waals surface area contributed by atoms with E-state index in [4.69, 9.17) is 4.74 Å². The Hall–Kier alpha value is -2.89. The summed E-state index contributed by atoms with van der Waals surface area (Å²) in [4.78, 5) is 23.3. The van der Waals surface area contributed by atoms with Gasteiger partial charge in [-0.1, -0.05) is 0 Å². The van der Waals surface area contributed by atoms with Gasteiger partial charge in [0.25, 0.3) is 5.91 Å². The van der Waals surface area contributed by atoms with Crippen molar-refractivity contribution in [2.45, 2.75) is 19.3 Å². The third-order valence-corrected chi connectivity index (χ3v) is 4.63. The van der Waals surface area contributed by atoms with Crippen molar-refractivity contribution in [1.29, 1.82) is 0 Å². The molecule has 0 saturated carbocycles. The molecule has 4 heterocycles. The lowest BCUT2D eigenvalue weighted by molar-refractivity contribution is 0.0724. The van der Waals surface area contributed by atoms with Crippen molar-refractivity contribution in [1.82, 2.24) is 19.4 Å². The summed E-state index contributed by atoms with van der Waals surface area (Å²) in [6, 6.07) is 5.79. The van der Waals surface area contributed by atoms with Gasteiger partial charge in [-0.15, -0.1) is 0 Å². The fourth-order valence-corrected chi connectivity index (χ4v) is 3.28. The molecule has 1 saturated heterocycles. The number of fused-ring (bicyclic) bond motifs is 1. The number of aromatic nitrogens is 3. The van der Waals surface area contributed by atoms with Crippen LogP contribution < -0.4 is 4.74 Å². The molecule has 1 fully saturated rings. The third kappa shape index (κ3) is 2.95. The van der Waals surface area contributed by atoms with Crippen molar-refractivity contribution in [3.63, 3.8) is 0 Å². The number of carbonyl (C=O) groups is 1. The van der Waals surface area contributed by atoms with E-state index in [-0.39, 0.29) is 5.91 Å². The first-order valence-corrected chi connectivity index (χ1v) is 8.52. The molecule has 0 unspecified atom stereocenters. The van der Waals surface area contributed by atoms with Crippen molar-refractivity contribution >= 4 is 16.9 Å². The number of carbonyl (C=O) groups excluding carboxylic acids is 1. The molecule has 0 spiro atoms. The number of pyridine rings is 2. The molecular weight excluding hydrogens is 316 g/mol. The van der Waals surface area contributed by atoms with E-state index in [1.54, 1.807) is 25.7 Å². The van der Waals surface area contributed by atoms with Crippen LogP contribution in [0.3, 0.4) is 0 Å². The fourth-order valence-electron chi connectivity index (χ4n) is 3.28. The first-order chi connectivity index (χ1) is 12.3. The quantitative estimate of drug-likeness (QED) is 0.737. The zero-order valence-corrected chi connectivity index (χ0v) is 14.2. The zero-order valence-electron chi connectivity index (χ0n) is 14.2. The van der Waals surface area contributed by atoms with Gasteiger partial charge < -0.3 is 9.64 Å². The summed E-state index contributed by atoms with van der Waals surface area (Å²) in [7, 11) is 1.62. The highest BCUT2D eigenvalue weighted by Gasteiger charge is 2.19. The molecule has 0 atom stereocenters. The van der Waals surface area contributed by atoms with Crippen LogP contribution in [0.4, 0.5) is 0 Å². The van der Waals surface area contributed by atoms with Gasteiger partial charge in [0.1, 0.15) is 11.4 Å². The predicted molar refractivity (Wildman–Crippen MR) is 95.2 cm³/mol. The summed E-state index contributed by atoms with van der Waals surface area (Å²) in [5, 5.41) is 0.936. The van der Waals surface area contributed by atoms with Crippen LogP contribution in [-0.4, -0.2) is 45.5 Å². The maximum Gasteiger partial charge on any atom is 0.255 e. The number of ether oxygens (including phenoxy) is 1. The van der Waals surface area contributed by atoms with Crippen LogP contribution in [0.2, 0.25) is 0 Å². The molecule has 0 aliphatic carbocycles. The summed E-state index contributed by atoms with van der Waals surface area (Å²) < 4.78 is 7.18. The van der Waals surface area contributed by atoms with E-state index in [1.165, 1.54) is 6.42 Å². The van der Waals surface area contributed by atoms with Crippen molar-refractivity contribution < 1.29 is 9.53 Å². The number of piperidine rings is 1. The Morgan fingerprint density at radius 2 is 1.96 bits per heavy atom. The molecule has 1 aliphatic rings. The number of likely N-dealkylation sites (tertiary alicyclic amines) is 1. The smallest absolute Gasteiger partial charge is 0.255 e. The zero-order chi connectivity index (χ0) is 17.2. The van der Waals surface area contributed by atoms with Gasteiger partial charge in [0.05, 0.1) is 30.8 Å². The van der Waals surface area contributed by atoms with Crippen molar-refractivity contribution in [2.24, 2.45) is 0 Å². The van der Waals surface area contributed by atoms with Crippen LogP contribution in [0.1, 0.15) is 29.6 Å². The lowest BCUT2D eigenvalue weighted by Crippen LogP contribution is -2.35. The second-order valence-electron chi connectivity index (χ2n) is 6.26. The van der Waals surface area contributed by atoms with E-state index in [2.05, 4.69) is 9.97 Å². The largest absolute Gasteiger partial charge is 0.495 e. The molecule has 128 valence electrons. The van der Waals surface area contributed by atoms with Crippen LogP contribution in [0.25, 0.3) is 16.7 Å².